The quantitative estimate of drug-likeness (QED) is 0.105. The molecule has 0 saturated carbocycles. The van der Waals surface area contributed by atoms with Gasteiger partial charge in [0.2, 0.25) is 0 Å². The van der Waals surface area contributed by atoms with E-state index in [1.165, 1.54) is 18.4 Å². The fraction of sp³-hybridized carbons (Fsp3) is 0.867. The normalized spacial score (nSPS) is 21.0. The number of carbonyl (C=O) groups is 1. The Bertz CT molecular complexity index is 874. The van der Waals surface area contributed by atoms with Crippen molar-refractivity contribution in [2.24, 2.45) is 11.8 Å². The van der Waals surface area contributed by atoms with Crippen LogP contribution in [0.1, 0.15) is 108 Å². The van der Waals surface area contributed by atoms with Crippen LogP contribution in [-0.2, 0) is 9.47 Å². The van der Waals surface area contributed by atoms with Gasteiger partial charge < -0.3 is 24.8 Å². The van der Waals surface area contributed by atoms with Crippen molar-refractivity contribution in [2.45, 2.75) is 123 Å². The standard InChI is InChI=1S/C30H56N4O6S/c1-8-10-13-16-40-19-34(24(20(3)4)17-25(35)28-31-22(18-41-28)30(38)39-7)29(37)26(21(5)9-2)32-27(36)23-14-11-12-15-33(23)6/h18,20-21,23-27,29,32,35-37H,8-17,19H2,1-7H3. The first-order valence-electron chi connectivity index (χ1n) is 15.4. The predicted molar refractivity (Wildman–Crippen MR) is 163 cm³/mol. The minimum absolute atomic E-state index is 0.0159. The van der Waals surface area contributed by atoms with E-state index in [9.17, 15) is 20.1 Å². The highest BCUT2D eigenvalue weighted by Gasteiger charge is 2.38. The second kappa shape index (κ2) is 18.5. The zero-order chi connectivity index (χ0) is 30.5. The average molecular weight is 601 g/mol. The number of hydrogen-bond donors (Lipinski definition) is 4. The first-order chi connectivity index (χ1) is 19.5. The molecule has 1 fully saturated rings. The predicted octanol–water partition coefficient (Wildman–Crippen LogP) is 3.97. The van der Waals surface area contributed by atoms with Crippen LogP contribution < -0.4 is 5.32 Å². The average Bonchev–Trinajstić information content (AvgIpc) is 3.46. The Hall–Kier alpha value is -1.18. The Morgan fingerprint density at radius 3 is 2.56 bits per heavy atom. The number of likely N-dealkylation sites (N-methyl/N-ethyl adjacent to an activating group) is 1. The number of methoxy groups -OCH3 is 1. The Balaban J connectivity index is 2.31. The van der Waals surface area contributed by atoms with Gasteiger partial charge in [-0.25, -0.2) is 9.78 Å². The smallest absolute Gasteiger partial charge is 0.357 e. The number of ether oxygens (including phenoxy) is 2. The fourth-order valence-corrected chi connectivity index (χ4v) is 6.35. The Morgan fingerprint density at radius 1 is 1.22 bits per heavy atom. The number of hydrogen-bond acceptors (Lipinski definition) is 11. The zero-order valence-corrected chi connectivity index (χ0v) is 27.1. The van der Waals surface area contributed by atoms with Crippen molar-refractivity contribution in [1.29, 1.82) is 0 Å². The lowest BCUT2D eigenvalue weighted by Crippen LogP contribution is -2.62. The summed E-state index contributed by atoms with van der Waals surface area (Å²) in [7, 11) is 3.34. The van der Waals surface area contributed by atoms with E-state index in [2.05, 4.69) is 49.8 Å². The highest BCUT2D eigenvalue weighted by Crippen LogP contribution is 2.30. The lowest BCUT2D eigenvalue weighted by atomic mass is 9.91. The van der Waals surface area contributed by atoms with E-state index in [1.54, 1.807) is 5.38 Å². The minimum Gasteiger partial charge on any atom is -0.464 e. The summed E-state index contributed by atoms with van der Waals surface area (Å²) in [5, 5.41) is 39.9. The van der Waals surface area contributed by atoms with Gasteiger partial charge in [0, 0.05) is 24.1 Å². The van der Waals surface area contributed by atoms with Gasteiger partial charge in [0.05, 0.1) is 13.2 Å². The summed E-state index contributed by atoms with van der Waals surface area (Å²) in [4.78, 5) is 20.3. The number of likely N-dealkylation sites (tertiary alicyclic amines) is 1. The highest BCUT2D eigenvalue weighted by molar-refractivity contribution is 7.09. The summed E-state index contributed by atoms with van der Waals surface area (Å²) in [6.45, 7) is 12.2. The number of carbonyl (C=O) groups excluding carboxylic acids is 1. The summed E-state index contributed by atoms with van der Waals surface area (Å²) in [6.07, 6.45) is 4.62. The number of piperidine rings is 1. The van der Waals surface area contributed by atoms with Crippen molar-refractivity contribution in [3.05, 3.63) is 16.1 Å². The number of nitrogens with zero attached hydrogens (tertiary/aromatic N) is 3. The van der Waals surface area contributed by atoms with Crippen LogP contribution in [0.2, 0.25) is 0 Å². The summed E-state index contributed by atoms with van der Waals surface area (Å²) >= 11 is 1.22. The van der Waals surface area contributed by atoms with Gasteiger partial charge in [0.25, 0.3) is 0 Å². The first kappa shape index (κ1) is 36.0. The van der Waals surface area contributed by atoms with Crippen LogP contribution in [0.25, 0.3) is 0 Å². The number of aliphatic hydroxyl groups excluding tert-OH is 3. The molecule has 238 valence electrons. The van der Waals surface area contributed by atoms with E-state index in [0.29, 0.717) is 18.0 Å². The third-order valence-corrected chi connectivity index (χ3v) is 9.41. The van der Waals surface area contributed by atoms with Gasteiger partial charge in [-0.05, 0) is 51.1 Å². The van der Waals surface area contributed by atoms with E-state index in [-0.39, 0.29) is 36.3 Å². The molecule has 0 bridgehead atoms. The molecule has 1 saturated heterocycles. The van der Waals surface area contributed by atoms with Crippen molar-refractivity contribution in [2.75, 3.05) is 34.0 Å². The molecule has 7 unspecified atom stereocenters. The number of thiazole rings is 1. The highest BCUT2D eigenvalue weighted by atomic mass is 32.1. The van der Waals surface area contributed by atoms with Crippen molar-refractivity contribution in [3.63, 3.8) is 0 Å². The van der Waals surface area contributed by atoms with Crippen LogP contribution in [0.5, 0.6) is 0 Å². The molecule has 7 atom stereocenters. The second-order valence-electron chi connectivity index (χ2n) is 11.9. The van der Waals surface area contributed by atoms with Gasteiger partial charge in [-0.2, -0.15) is 0 Å². The number of aromatic nitrogens is 1. The second-order valence-corrected chi connectivity index (χ2v) is 12.8. The molecule has 1 aliphatic heterocycles. The van der Waals surface area contributed by atoms with Gasteiger partial charge in [0.1, 0.15) is 30.3 Å². The SMILES string of the molecule is CCCCCOCN(C(O)C(NC(O)C1CCCCN1C)C(C)CC)C(CC(O)c1nc(C(=O)OC)cs1)C(C)C. The summed E-state index contributed by atoms with van der Waals surface area (Å²) in [5.41, 5.74) is 0.173. The molecule has 0 spiro atoms. The van der Waals surface area contributed by atoms with Crippen LogP contribution in [-0.4, -0.2) is 101 Å². The molecule has 0 aliphatic carbocycles. The van der Waals surface area contributed by atoms with Crippen LogP contribution >= 0.6 is 11.3 Å². The van der Waals surface area contributed by atoms with Gasteiger partial charge in [-0.1, -0.05) is 60.3 Å². The molecule has 1 aliphatic rings. The molecule has 2 rings (SSSR count). The molecule has 0 aromatic carbocycles. The number of rotatable bonds is 19. The van der Waals surface area contributed by atoms with E-state index < -0.39 is 30.6 Å². The monoisotopic (exact) mass is 600 g/mol. The summed E-state index contributed by atoms with van der Waals surface area (Å²) in [5.74, 6) is -0.414. The topological polar surface area (TPSA) is 128 Å². The summed E-state index contributed by atoms with van der Waals surface area (Å²) in [6, 6.07) is -0.703. The van der Waals surface area contributed by atoms with Gasteiger partial charge in [-0.15, -0.1) is 11.3 Å². The van der Waals surface area contributed by atoms with E-state index in [1.807, 2.05) is 11.9 Å². The lowest BCUT2D eigenvalue weighted by molar-refractivity contribution is -0.139. The Kier molecular flexibility index (Phi) is 16.2. The molecular weight excluding hydrogens is 544 g/mol. The molecule has 10 nitrogen and oxygen atoms in total. The molecule has 2 heterocycles. The molecule has 0 radical (unpaired) electrons. The molecule has 4 N–H and O–H groups in total. The molecular formula is C30H56N4O6S. The maximum absolute atomic E-state index is 12.0. The van der Waals surface area contributed by atoms with Crippen molar-refractivity contribution in [1.82, 2.24) is 20.1 Å². The molecule has 0 amide bonds. The number of nitrogens with one attached hydrogen (secondary N) is 1. The third kappa shape index (κ3) is 10.8. The fourth-order valence-electron chi connectivity index (χ4n) is 5.56. The molecule has 1 aromatic heterocycles. The largest absolute Gasteiger partial charge is 0.464 e. The van der Waals surface area contributed by atoms with Crippen molar-refractivity contribution >= 4 is 17.3 Å². The Labute approximate surface area is 251 Å². The van der Waals surface area contributed by atoms with Gasteiger partial charge in [-0.3, -0.25) is 15.1 Å². The van der Waals surface area contributed by atoms with Crippen molar-refractivity contribution < 1.29 is 29.6 Å². The number of unbranched alkanes of at least 4 members (excludes halogenated alkanes) is 2. The van der Waals surface area contributed by atoms with Crippen LogP contribution in [0.15, 0.2) is 5.38 Å². The van der Waals surface area contributed by atoms with E-state index in [4.69, 9.17) is 9.47 Å². The summed E-state index contributed by atoms with van der Waals surface area (Å²) < 4.78 is 10.9. The maximum atomic E-state index is 12.0. The maximum Gasteiger partial charge on any atom is 0.357 e. The molecule has 1 aromatic rings. The van der Waals surface area contributed by atoms with Gasteiger partial charge >= 0.3 is 5.97 Å². The molecule has 41 heavy (non-hydrogen) atoms. The van der Waals surface area contributed by atoms with Crippen LogP contribution in [0.3, 0.4) is 0 Å². The van der Waals surface area contributed by atoms with Crippen LogP contribution in [0, 0.1) is 11.8 Å². The van der Waals surface area contributed by atoms with E-state index >= 15 is 0 Å². The number of aliphatic hydroxyl groups is 3. The zero-order valence-electron chi connectivity index (χ0n) is 26.3. The number of esters is 1. The minimum atomic E-state index is -0.971. The van der Waals surface area contributed by atoms with Crippen molar-refractivity contribution in [3.8, 4) is 0 Å². The van der Waals surface area contributed by atoms with Crippen LogP contribution in [0.4, 0.5) is 0 Å². The lowest BCUT2D eigenvalue weighted by Gasteiger charge is -2.44. The third-order valence-electron chi connectivity index (χ3n) is 8.47. The molecule has 11 heteroatoms. The van der Waals surface area contributed by atoms with E-state index in [0.717, 1.165) is 51.5 Å². The van der Waals surface area contributed by atoms with Gasteiger partial charge in [0.15, 0.2) is 5.69 Å². The first-order valence-corrected chi connectivity index (χ1v) is 16.3. The Morgan fingerprint density at radius 2 is 1.95 bits per heavy atom.